The van der Waals surface area contributed by atoms with E-state index in [1.807, 2.05) is 0 Å². The Morgan fingerprint density at radius 2 is 0.627 bits per heavy atom. The van der Waals surface area contributed by atoms with Gasteiger partial charge in [0.25, 0.3) is 0 Å². The molecule has 4 nitrogen and oxygen atoms in total. The highest BCUT2D eigenvalue weighted by molar-refractivity contribution is 6.13. The van der Waals surface area contributed by atoms with Crippen LogP contribution in [0, 0.1) is 0 Å². The summed E-state index contributed by atoms with van der Waals surface area (Å²) in [7, 11) is 0. The molecular weight excluding hydrogens is 909 g/mol. The van der Waals surface area contributed by atoms with E-state index in [0.717, 1.165) is 45.5 Å². The molecule has 0 fully saturated rings. The van der Waals surface area contributed by atoms with Gasteiger partial charge in [0.1, 0.15) is 0 Å². The molecule has 2 aromatic heterocycles. The largest absolute Gasteiger partial charge is 0.310 e. The third-order valence-corrected chi connectivity index (χ3v) is 16.0. The first kappa shape index (κ1) is 43.0. The van der Waals surface area contributed by atoms with Crippen LogP contribution in [0.4, 0.5) is 34.1 Å². The van der Waals surface area contributed by atoms with Crippen molar-refractivity contribution in [2.45, 2.75) is 19.3 Å². The monoisotopic (exact) mass is 958 g/mol. The summed E-state index contributed by atoms with van der Waals surface area (Å²) in [6.07, 6.45) is 0. The lowest BCUT2D eigenvalue weighted by molar-refractivity contribution is 0.660. The number of anilines is 6. The molecule has 0 amide bonds. The van der Waals surface area contributed by atoms with E-state index in [2.05, 4.69) is 300 Å². The van der Waals surface area contributed by atoms with Gasteiger partial charge >= 0.3 is 0 Å². The Labute approximate surface area is 435 Å². The van der Waals surface area contributed by atoms with Crippen LogP contribution in [0.15, 0.2) is 267 Å². The number of rotatable bonds is 8. The molecule has 0 spiro atoms. The van der Waals surface area contributed by atoms with Crippen LogP contribution in [0.2, 0.25) is 0 Å². The van der Waals surface area contributed by atoms with Crippen LogP contribution in [0.1, 0.15) is 25.0 Å². The number of para-hydroxylation sites is 4. The maximum absolute atomic E-state index is 2.48. The van der Waals surface area contributed by atoms with Gasteiger partial charge in [-0.3, -0.25) is 0 Å². The van der Waals surface area contributed by atoms with Crippen LogP contribution in [0.3, 0.4) is 0 Å². The summed E-state index contributed by atoms with van der Waals surface area (Å²) in [5.41, 5.74) is 18.7. The summed E-state index contributed by atoms with van der Waals surface area (Å²) in [4.78, 5) is 4.96. The molecule has 12 aromatic carbocycles. The second-order valence-corrected chi connectivity index (χ2v) is 20.5. The summed E-state index contributed by atoms with van der Waals surface area (Å²) in [5.74, 6) is 0. The van der Waals surface area contributed by atoms with Gasteiger partial charge in [0, 0.05) is 71.9 Å². The van der Waals surface area contributed by atoms with E-state index in [9.17, 15) is 0 Å². The summed E-state index contributed by atoms with van der Waals surface area (Å²) in [6.45, 7) is 4.81. The highest BCUT2D eigenvalue weighted by Crippen LogP contribution is 2.54. The SMILES string of the molecule is CC1(C)c2cc(N(c3ccc4c(c3)c3ccccc3n4-c3ccccc3)c3cccc4ccccc34)ccc2-c2ccc(N(c3ccc4c(c3)c3ccccc3n4-c3ccccc3)c3cccc4ccccc34)cc21. The van der Waals surface area contributed by atoms with E-state index in [1.165, 1.54) is 87.4 Å². The van der Waals surface area contributed by atoms with Crippen LogP contribution < -0.4 is 9.80 Å². The minimum absolute atomic E-state index is 0.328. The fraction of sp³-hybridized carbons (Fsp3) is 0.0423. The molecule has 0 unspecified atom stereocenters. The molecule has 14 aromatic rings. The van der Waals surface area contributed by atoms with Crippen molar-refractivity contribution in [3.8, 4) is 22.5 Å². The first-order valence-electron chi connectivity index (χ1n) is 26.0. The van der Waals surface area contributed by atoms with Crippen molar-refractivity contribution in [1.82, 2.24) is 9.13 Å². The van der Waals surface area contributed by atoms with E-state index in [0.29, 0.717) is 0 Å². The van der Waals surface area contributed by atoms with Gasteiger partial charge in [-0.25, -0.2) is 0 Å². The van der Waals surface area contributed by atoms with Crippen LogP contribution in [0.5, 0.6) is 0 Å². The second kappa shape index (κ2) is 16.7. The molecule has 4 heteroatoms. The Morgan fingerprint density at radius 3 is 1.08 bits per heavy atom. The fourth-order valence-corrected chi connectivity index (χ4v) is 12.6. The zero-order valence-corrected chi connectivity index (χ0v) is 41.7. The van der Waals surface area contributed by atoms with Gasteiger partial charge < -0.3 is 18.9 Å². The highest BCUT2D eigenvalue weighted by Gasteiger charge is 2.37. The van der Waals surface area contributed by atoms with Crippen molar-refractivity contribution in [2.75, 3.05) is 9.80 Å². The van der Waals surface area contributed by atoms with Crippen LogP contribution >= 0.6 is 0 Å². The van der Waals surface area contributed by atoms with E-state index >= 15 is 0 Å². The average Bonchev–Trinajstić information content (AvgIpc) is 4.06. The molecule has 0 saturated heterocycles. The second-order valence-electron chi connectivity index (χ2n) is 20.5. The predicted molar refractivity (Wildman–Crippen MR) is 317 cm³/mol. The summed E-state index contributed by atoms with van der Waals surface area (Å²) < 4.78 is 4.79. The molecule has 75 heavy (non-hydrogen) atoms. The van der Waals surface area contributed by atoms with Gasteiger partial charge in [0.2, 0.25) is 0 Å². The van der Waals surface area contributed by atoms with Crippen molar-refractivity contribution in [3.05, 3.63) is 278 Å². The quantitative estimate of drug-likeness (QED) is 0.151. The van der Waals surface area contributed by atoms with Crippen LogP contribution in [0.25, 0.3) is 87.7 Å². The fourth-order valence-electron chi connectivity index (χ4n) is 12.6. The number of benzene rings is 12. The molecule has 0 radical (unpaired) electrons. The molecule has 0 aliphatic heterocycles. The van der Waals surface area contributed by atoms with Crippen molar-refractivity contribution in [1.29, 1.82) is 0 Å². The molecular formula is C71H50N4. The first-order valence-corrected chi connectivity index (χ1v) is 26.0. The number of hydrogen-bond donors (Lipinski definition) is 0. The number of aromatic nitrogens is 2. The standard InChI is InChI=1S/C71H50N4/c1-71(2)63-45-53(72(65-33-17-21-47-19-9-11-27-55(47)65)51-37-41-69-61(43-51)59-29-13-15-31-67(59)74(69)49-23-5-3-6-24-49)35-39-57(63)58-40-36-54(46-64(58)71)73(66-34-18-22-48-20-10-12-28-56(48)66)52-38-42-70-62(44-52)60-30-14-16-32-68(60)75(70)50-25-7-4-8-26-50/h3-46H,1-2H3. The van der Waals surface area contributed by atoms with Gasteiger partial charge in [-0.2, -0.15) is 0 Å². The predicted octanol–water partition coefficient (Wildman–Crippen LogP) is 19.4. The zero-order chi connectivity index (χ0) is 49.8. The van der Waals surface area contributed by atoms with E-state index < -0.39 is 0 Å². The topological polar surface area (TPSA) is 16.3 Å². The zero-order valence-electron chi connectivity index (χ0n) is 41.7. The maximum Gasteiger partial charge on any atom is 0.0542 e. The molecule has 0 saturated carbocycles. The van der Waals surface area contributed by atoms with Gasteiger partial charge in [-0.1, -0.05) is 172 Å². The van der Waals surface area contributed by atoms with Crippen molar-refractivity contribution >= 4 is 99.3 Å². The van der Waals surface area contributed by atoms with Crippen molar-refractivity contribution in [2.24, 2.45) is 0 Å². The number of hydrogen-bond acceptors (Lipinski definition) is 2. The molecule has 0 N–H and O–H groups in total. The summed E-state index contributed by atoms with van der Waals surface area (Å²) >= 11 is 0. The van der Waals surface area contributed by atoms with Gasteiger partial charge in [0.05, 0.1) is 33.4 Å². The first-order chi connectivity index (χ1) is 37.0. The number of fused-ring (bicyclic) bond motifs is 11. The van der Waals surface area contributed by atoms with Crippen molar-refractivity contribution in [3.63, 3.8) is 0 Å². The molecule has 0 atom stereocenters. The minimum Gasteiger partial charge on any atom is -0.310 e. The van der Waals surface area contributed by atoms with Crippen molar-refractivity contribution < 1.29 is 0 Å². The lowest BCUT2D eigenvalue weighted by atomic mass is 9.82. The van der Waals surface area contributed by atoms with Gasteiger partial charge in [0.15, 0.2) is 0 Å². The molecule has 2 heterocycles. The van der Waals surface area contributed by atoms with E-state index in [-0.39, 0.29) is 5.41 Å². The Kier molecular flexibility index (Phi) is 9.58. The molecule has 1 aliphatic rings. The number of nitrogens with zero attached hydrogens (tertiary/aromatic N) is 4. The molecule has 1 aliphatic carbocycles. The van der Waals surface area contributed by atoms with Crippen LogP contribution in [-0.4, -0.2) is 9.13 Å². The third-order valence-electron chi connectivity index (χ3n) is 16.0. The van der Waals surface area contributed by atoms with E-state index in [1.54, 1.807) is 0 Å². The third kappa shape index (κ3) is 6.63. The normalized spacial score (nSPS) is 12.8. The Bertz CT molecular complexity index is 4280. The smallest absolute Gasteiger partial charge is 0.0542 e. The maximum atomic E-state index is 2.48. The van der Waals surface area contributed by atoms with Gasteiger partial charge in [-0.15, -0.1) is 0 Å². The summed E-state index contributed by atoms with van der Waals surface area (Å²) in [6, 6.07) is 98.3. The average molecular weight is 959 g/mol. The minimum atomic E-state index is -0.328. The lowest BCUT2D eigenvalue weighted by Gasteiger charge is -2.30. The summed E-state index contributed by atoms with van der Waals surface area (Å²) in [5, 5.41) is 9.72. The molecule has 354 valence electrons. The van der Waals surface area contributed by atoms with E-state index in [4.69, 9.17) is 0 Å². The molecule has 0 bridgehead atoms. The lowest BCUT2D eigenvalue weighted by Crippen LogP contribution is -2.18. The highest BCUT2D eigenvalue weighted by atomic mass is 15.2. The molecule has 15 rings (SSSR count). The Hall–Kier alpha value is -9.64. The van der Waals surface area contributed by atoms with Gasteiger partial charge in [-0.05, 0) is 142 Å². The Morgan fingerprint density at radius 1 is 0.280 bits per heavy atom. The van der Waals surface area contributed by atoms with Crippen LogP contribution in [-0.2, 0) is 5.41 Å². The Balaban J connectivity index is 0.893.